The molecule has 0 saturated carbocycles. The highest BCUT2D eigenvalue weighted by atomic mass is 35.5. The van der Waals surface area contributed by atoms with Gasteiger partial charge in [-0.15, -0.1) is 22.9 Å². The maximum Gasteiger partial charge on any atom is 0.163 e. The maximum atomic E-state index is 6.10. The smallest absolute Gasteiger partial charge is 0.163 e. The molecule has 0 saturated heterocycles. The average molecular weight is 317 g/mol. The fourth-order valence-electron chi connectivity index (χ4n) is 2.77. The van der Waals surface area contributed by atoms with Crippen LogP contribution in [0.1, 0.15) is 11.5 Å². The third-order valence-electron chi connectivity index (χ3n) is 3.69. The van der Waals surface area contributed by atoms with Crippen LogP contribution in [0.15, 0.2) is 29.6 Å². The zero-order chi connectivity index (χ0) is 14.6. The minimum atomic E-state index is 0.371. The molecule has 106 valence electrons. The van der Waals surface area contributed by atoms with Gasteiger partial charge in [-0.3, -0.25) is 4.57 Å². The molecule has 0 aliphatic carbocycles. The van der Waals surface area contributed by atoms with Crippen LogP contribution in [0.25, 0.3) is 26.9 Å². The van der Waals surface area contributed by atoms with Gasteiger partial charge in [0, 0.05) is 17.4 Å². The van der Waals surface area contributed by atoms with Crippen molar-refractivity contribution in [2.75, 3.05) is 0 Å². The van der Waals surface area contributed by atoms with E-state index in [1.807, 2.05) is 18.7 Å². The summed E-state index contributed by atoms with van der Waals surface area (Å²) in [6.45, 7) is 1.97. The van der Waals surface area contributed by atoms with Crippen molar-refractivity contribution in [3.05, 3.63) is 41.2 Å². The van der Waals surface area contributed by atoms with Crippen LogP contribution in [-0.4, -0.2) is 19.3 Å². The summed E-state index contributed by atoms with van der Waals surface area (Å²) in [7, 11) is 1.94. The second-order valence-electron chi connectivity index (χ2n) is 5.02. The summed E-state index contributed by atoms with van der Waals surface area (Å²) in [6, 6.07) is 8.55. The number of hydrogen-bond acceptors (Lipinski definition) is 3. The molecule has 0 aliphatic rings. The molecule has 0 bridgehead atoms. The molecular formula is C15H13ClN4S. The molecule has 0 spiro atoms. The normalized spacial score (nSPS) is 11.8. The number of benzene rings is 1. The van der Waals surface area contributed by atoms with Crippen LogP contribution < -0.4 is 0 Å². The fraction of sp³-hybridized carbons (Fsp3) is 0.200. The van der Waals surface area contributed by atoms with E-state index < -0.39 is 0 Å². The van der Waals surface area contributed by atoms with Crippen LogP contribution in [0.4, 0.5) is 0 Å². The first-order valence-corrected chi connectivity index (χ1v) is 8.05. The van der Waals surface area contributed by atoms with E-state index in [1.165, 1.54) is 10.1 Å². The van der Waals surface area contributed by atoms with E-state index in [2.05, 4.69) is 44.3 Å². The number of rotatable bonds is 2. The van der Waals surface area contributed by atoms with E-state index in [0.29, 0.717) is 5.88 Å². The summed E-state index contributed by atoms with van der Waals surface area (Å²) < 4.78 is 5.24. The van der Waals surface area contributed by atoms with E-state index in [1.54, 1.807) is 11.3 Å². The molecule has 0 atom stereocenters. The summed E-state index contributed by atoms with van der Waals surface area (Å²) in [4.78, 5) is 4.65. The number of fused-ring (bicyclic) bond motifs is 2. The van der Waals surface area contributed by atoms with Crippen molar-refractivity contribution in [3.8, 4) is 5.69 Å². The van der Waals surface area contributed by atoms with Gasteiger partial charge in [0.05, 0.1) is 11.6 Å². The Hall–Kier alpha value is -1.85. The van der Waals surface area contributed by atoms with E-state index in [0.717, 1.165) is 28.4 Å². The molecular weight excluding hydrogens is 304 g/mol. The molecule has 21 heavy (non-hydrogen) atoms. The molecule has 6 heteroatoms. The number of aromatic nitrogens is 4. The molecule has 4 rings (SSSR count). The van der Waals surface area contributed by atoms with Crippen molar-refractivity contribution >= 4 is 44.2 Å². The topological polar surface area (TPSA) is 35.6 Å². The van der Waals surface area contributed by atoms with Crippen molar-refractivity contribution in [3.63, 3.8) is 0 Å². The Kier molecular flexibility index (Phi) is 2.80. The Morgan fingerprint density at radius 2 is 2.14 bits per heavy atom. The summed E-state index contributed by atoms with van der Waals surface area (Å²) >= 11 is 7.85. The number of halogens is 1. The van der Waals surface area contributed by atoms with Crippen LogP contribution in [0.3, 0.4) is 0 Å². The van der Waals surface area contributed by atoms with Crippen molar-refractivity contribution in [1.82, 2.24) is 19.3 Å². The lowest BCUT2D eigenvalue weighted by atomic mass is 10.2. The largest absolute Gasteiger partial charge is 0.280 e. The summed E-state index contributed by atoms with van der Waals surface area (Å²) in [6.07, 6.45) is 0. The van der Waals surface area contributed by atoms with Crippen LogP contribution in [0.5, 0.6) is 0 Å². The average Bonchev–Trinajstić information content (AvgIpc) is 3.15. The number of aryl methyl sites for hydroxylation is 2. The molecule has 0 radical (unpaired) electrons. The summed E-state index contributed by atoms with van der Waals surface area (Å²) in [5.74, 6) is 1.22. The van der Waals surface area contributed by atoms with Crippen molar-refractivity contribution in [1.29, 1.82) is 0 Å². The Balaban J connectivity index is 2.07. The zero-order valence-electron chi connectivity index (χ0n) is 11.7. The molecule has 0 aliphatic heterocycles. The fourth-order valence-corrected chi connectivity index (χ4v) is 3.72. The molecule has 0 fully saturated rings. The Labute approximate surface area is 130 Å². The zero-order valence-corrected chi connectivity index (χ0v) is 13.2. The van der Waals surface area contributed by atoms with Gasteiger partial charge in [-0.25, -0.2) is 9.67 Å². The van der Waals surface area contributed by atoms with Crippen molar-refractivity contribution in [2.45, 2.75) is 12.8 Å². The Morgan fingerprint density at radius 3 is 2.95 bits per heavy atom. The van der Waals surface area contributed by atoms with Crippen LogP contribution >= 0.6 is 22.9 Å². The monoisotopic (exact) mass is 316 g/mol. The summed E-state index contributed by atoms with van der Waals surface area (Å²) in [5.41, 5.74) is 3.90. The number of hydrogen-bond donors (Lipinski definition) is 0. The second kappa shape index (κ2) is 4.58. The van der Waals surface area contributed by atoms with Gasteiger partial charge in [-0.05, 0) is 42.0 Å². The number of alkyl halides is 1. The molecule has 0 N–H and O–H groups in total. The van der Waals surface area contributed by atoms with Crippen molar-refractivity contribution < 1.29 is 0 Å². The van der Waals surface area contributed by atoms with E-state index in [9.17, 15) is 0 Å². The molecule has 1 aromatic carbocycles. The number of thiophene rings is 1. The Bertz CT molecular complexity index is 963. The SMILES string of the molecule is Cc1nn(C)c2c1nc(CCl)n2-c1ccc2sccc2c1. The minimum Gasteiger partial charge on any atom is -0.280 e. The predicted octanol–water partition coefficient (Wildman–Crippen LogP) is 4.02. The number of imidazole rings is 1. The standard InChI is InChI=1S/C15H13ClN4S/c1-9-14-15(19(2)18-9)20(13(8-16)17-14)11-3-4-12-10(7-11)5-6-21-12/h3-7H,8H2,1-2H3. The van der Waals surface area contributed by atoms with Crippen LogP contribution in [-0.2, 0) is 12.9 Å². The second-order valence-corrected chi connectivity index (χ2v) is 6.24. The first kappa shape index (κ1) is 12.9. The van der Waals surface area contributed by atoms with Gasteiger partial charge in [0.2, 0.25) is 0 Å². The quantitative estimate of drug-likeness (QED) is 0.524. The van der Waals surface area contributed by atoms with Crippen LogP contribution in [0, 0.1) is 6.92 Å². The highest BCUT2D eigenvalue weighted by molar-refractivity contribution is 7.17. The first-order valence-electron chi connectivity index (χ1n) is 6.63. The maximum absolute atomic E-state index is 6.10. The van der Waals surface area contributed by atoms with E-state index in [4.69, 9.17) is 11.6 Å². The van der Waals surface area contributed by atoms with E-state index >= 15 is 0 Å². The molecule has 4 aromatic rings. The van der Waals surface area contributed by atoms with Gasteiger partial charge in [0.1, 0.15) is 11.3 Å². The number of nitrogens with zero attached hydrogens (tertiary/aromatic N) is 4. The highest BCUT2D eigenvalue weighted by Gasteiger charge is 2.18. The van der Waals surface area contributed by atoms with Crippen molar-refractivity contribution in [2.24, 2.45) is 7.05 Å². The third-order valence-corrected chi connectivity index (χ3v) is 4.82. The molecule has 0 unspecified atom stereocenters. The van der Waals surface area contributed by atoms with Gasteiger partial charge in [-0.1, -0.05) is 0 Å². The minimum absolute atomic E-state index is 0.371. The van der Waals surface area contributed by atoms with Gasteiger partial charge in [0.15, 0.2) is 5.65 Å². The highest BCUT2D eigenvalue weighted by Crippen LogP contribution is 2.28. The molecule has 4 nitrogen and oxygen atoms in total. The first-order chi connectivity index (χ1) is 10.2. The molecule has 0 amide bonds. The van der Waals surface area contributed by atoms with Gasteiger partial charge in [0.25, 0.3) is 0 Å². The molecule has 3 heterocycles. The van der Waals surface area contributed by atoms with Gasteiger partial charge >= 0.3 is 0 Å². The lowest BCUT2D eigenvalue weighted by Crippen LogP contribution is -2.04. The Morgan fingerprint density at radius 1 is 1.29 bits per heavy atom. The van der Waals surface area contributed by atoms with Crippen LogP contribution in [0.2, 0.25) is 0 Å². The predicted molar refractivity (Wildman–Crippen MR) is 87.5 cm³/mol. The molecule has 3 aromatic heterocycles. The lowest BCUT2D eigenvalue weighted by Gasteiger charge is -2.08. The van der Waals surface area contributed by atoms with Gasteiger partial charge < -0.3 is 0 Å². The lowest BCUT2D eigenvalue weighted by molar-refractivity contribution is 0.755. The van der Waals surface area contributed by atoms with Gasteiger partial charge in [-0.2, -0.15) is 5.10 Å². The summed E-state index contributed by atoms with van der Waals surface area (Å²) in [5, 5.41) is 7.80. The van der Waals surface area contributed by atoms with E-state index in [-0.39, 0.29) is 0 Å². The third kappa shape index (κ3) is 1.81.